The van der Waals surface area contributed by atoms with E-state index >= 15 is 0 Å². The third-order valence-corrected chi connectivity index (χ3v) is 4.62. The molecule has 0 saturated heterocycles. The van der Waals surface area contributed by atoms with Crippen molar-refractivity contribution in [2.45, 2.75) is 13.8 Å². The highest BCUT2D eigenvalue weighted by Crippen LogP contribution is 2.39. The van der Waals surface area contributed by atoms with Crippen molar-refractivity contribution in [2.75, 3.05) is 0 Å². The summed E-state index contributed by atoms with van der Waals surface area (Å²) >= 11 is 0. The second-order valence-corrected chi connectivity index (χ2v) is 6.43. The summed E-state index contributed by atoms with van der Waals surface area (Å²) in [5.41, 5.74) is 2.24. The number of hydrogen-bond donors (Lipinski definition) is 0. The van der Waals surface area contributed by atoms with Crippen LogP contribution in [0.5, 0.6) is 0 Å². The van der Waals surface area contributed by atoms with Gasteiger partial charge in [0, 0.05) is 23.3 Å². The number of halogens is 3. The first-order valence-corrected chi connectivity index (χ1v) is 8.43. The van der Waals surface area contributed by atoms with E-state index in [1.807, 2.05) is 42.5 Å². The Balaban J connectivity index is 2.06. The number of benzene rings is 3. The molecule has 0 saturated carbocycles. The molecule has 0 atom stereocenters. The molecule has 3 aromatic carbocycles. The van der Waals surface area contributed by atoms with Gasteiger partial charge in [0.15, 0.2) is 0 Å². The highest BCUT2D eigenvalue weighted by Gasteiger charge is 2.22. The number of nitrogens with zero attached hydrogens (tertiary/aromatic N) is 2. The van der Waals surface area contributed by atoms with Gasteiger partial charge in [0.2, 0.25) is 0 Å². The van der Waals surface area contributed by atoms with Crippen LogP contribution in [0, 0.1) is 31.3 Å². The Morgan fingerprint density at radius 3 is 1.89 bits per heavy atom. The second kappa shape index (κ2) is 6.50. The summed E-state index contributed by atoms with van der Waals surface area (Å²) in [5, 5.41) is 10.2. The van der Waals surface area contributed by atoms with E-state index in [1.165, 1.54) is 0 Å². The topological polar surface area (TPSA) is 25.8 Å². The maximum atomic E-state index is 14.5. The van der Waals surface area contributed by atoms with Crippen LogP contribution >= 0.6 is 0 Å². The van der Waals surface area contributed by atoms with Crippen molar-refractivity contribution in [3.05, 3.63) is 83.4 Å². The minimum Gasteiger partial charge on any atom is -0.207 e. The molecule has 2 nitrogen and oxygen atoms in total. The van der Waals surface area contributed by atoms with E-state index in [4.69, 9.17) is 0 Å². The molecule has 0 aliphatic heterocycles. The molecule has 0 N–H and O–H groups in total. The Hall–Kier alpha value is -3.21. The summed E-state index contributed by atoms with van der Waals surface area (Å²) in [5.74, 6) is -2.90. The Bertz CT molecular complexity index is 1160. The van der Waals surface area contributed by atoms with E-state index in [-0.39, 0.29) is 11.1 Å². The van der Waals surface area contributed by atoms with Gasteiger partial charge < -0.3 is 0 Å². The van der Waals surface area contributed by atoms with E-state index in [9.17, 15) is 13.2 Å². The average Bonchev–Trinajstić information content (AvgIpc) is 2.63. The van der Waals surface area contributed by atoms with E-state index in [1.54, 1.807) is 13.8 Å². The zero-order valence-corrected chi connectivity index (χ0v) is 14.7. The minimum atomic E-state index is -0.968. The molecule has 0 aliphatic carbocycles. The maximum absolute atomic E-state index is 14.5. The van der Waals surface area contributed by atoms with E-state index < -0.39 is 17.5 Å². The van der Waals surface area contributed by atoms with Gasteiger partial charge in [0.05, 0.1) is 17.0 Å². The fourth-order valence-electron chi connectivity index (χ4n) is 3.40. The van der Waals surface area contributed by atoms with E-state index in [0.29, 0.717) is 29.1 Å². The first-order chi connectivity index (χ1) is 13.0. The lowest BCUT2D eigenvalue weighted by atomic mass is 9.91. The quantitative estimate of drug-likeness (QED) is 0.436. The summed E-state index contributed by atoms with van der Waals surface area (Å²) in [6, 6.07) is 15.0. The lowest BCUT2D eigenvalue weighted by Crippen LogP contribution is -2.03. The van der Waals surface area contributed by atoms with Crippen LogP contribution in [-0.4, -0.2) is 10.2 Å². The van der Waals surface area contributed by atoms with Crippen LogP contribution in [0.25, 0.3) is 33.0 Å². The minimum absolute atomic E-state index is 0.285. The predicted molar refractivity (Wildman–Crippen MR) is 99.8 cm³/mol. The molecule has 0 spiro atoms. The SMILES string of the molecule is Cc1nnc(C)c(-c2c(F)cc(F)cc2F)c1-c1ccc2ccccc2c1. The average molecular weight is 364 g/mol. The van der Waals surface area contributed by atoms with Crippen LogP contribution in [-0.2, 0) is 0 Å². The Kier molecular flexibility index (Phi) is 4.15. The second-order valence-electron chi connectivity index (χ2n) is 6.43. The summed E-state index contributed by atoms with van der Waals surface area (Å²) in [7, 11) is 0. The zero-order chi connectivity index (χ0) is 19.1. The van der Waals surface area contributed by atoms with Crippen LogP contribution in [0.1, 0.15) is 11.4 Å². The van der Waals surface area contributed by atoms with Crippen molar-refractivity contribution in [3.8, 4) is 22.3 Å². The molecule has 0 amide bonds. The monoisotopic (exact) mass is 364 g/mol. The molecule has 0 aliphatic rings. The highest BCUT2D eigenvalue weighted by molar-refractivity contribution is 5.92. The Labute approximate surface area is 154 Å². The summed E-state index contributed by atoms with van der Waals surface area (Å²) < 4.78 is 42.5. The third kappa shape index (κ3) is 2.95. The van der Waals surface area contributed by atoms with Crippen molar-refractivity contribution >= 4 is 10.8 Å². The molecule has 1 heterocycles. The fourth-order valence-corrected chi connectivity index (χ4v) is 3.40. The first-order valence-electron chi connectivity index (χ1n) is 8.43. The normalized spacial score (nSPS) is 11.1. The van der Waals surface area contributed by atoms with Crippen LogP contribution in [0.15, 0.2) is 54.6 Å². The van der Waals surface area contributed by atoms with Gasteiger partial charge in [-0.2, -0.15) is 10.2 Å². The molecule has 1 aromatic heterocycles. The van der Waals surface area contributed by atoms with Gasteiger partial charge in [-0.15, -0.1) is 0 Å². The first kappa shape index (κ1) is 17.2. The van der Waals surface area contributed by atoms with Gasteiger partial charge in [-0.1, -0.05) is 36.4 Å². The largest absolute Gasteiger partial charge is 0.207 e. The molecule has 4 aromatic rings. The maximum Gasteiger partial charge on any atom is 0.136 e. The molecule has 0 unspecified atom stereocenters. The van der Waals surface area contributed by atoms with Crippen LogP contribution in [0.2, 0.25) is 0 Å². The molecular weight excluding hydrogens is 349 g/mol. The van der Waals surface area contributed by atoms with Gasteiger partial charge in [0.1, 0.15) is 17.5 Å². The number of fused-ring (bicyclic) bond motifs is 1. The Morgan fingerprint density at radius 2 is 1.22 bits per heavy atom. The number of hydrogen-bond acceptors (Lipinski definition) is 2. The number of rotatable bonds is 2. The van der Waals surface area contributed by atoms with Crippen molar-refractivity contribution in [3.63, 3.8) is 0 Å². The lowest BCUT2D eigenvalue weighted by molar-refractivity contribution is 0.547. The van der Waals surface area contributed by atoms with E-state index in [2.05, 4.69) is 10.2 Å². The summed E-state index contributed by atoms with van der Waals surface area (Å²) in [6.45, 7) is 3.37. The fraction of sp³-hybridized carbons (Fsp3) is 0.0909. The van der Waals surface area contributed by atoms with Gasteiger partial charge in [-0.05, 0) is 36.2 Å². The smallest absolute Gasteiger partial charge is 0.136 e. The van der Waals surface area contributed by atoms with Crippen molar-refractivity contribution in [1.29, 1.82) is 0 Å². The molecule has 134 valence electrons. The van der Waals surface area contributed by atoms with Crippen molar-refractivity contribution < 1.29 is 13.2 Å². The van der Waals surface area contributed by atoms with Crippen molar-refractivity contribution in [2.24, 2.45) is 0 Å². The highest BCUT2D eigenvalue weighted by atomic mass is 19.1. The Morgan fingerprint density at radius 1 is 0.630 bits per heavy atom. The standard InChI is InChI=1S/C22H15F3N2/c1-12-20(16-8-7-14-5-3-4-6-15(14)9-16)21(13(2)27-26-12)22-18(24)10-17(23)11-19(22)25/h3-11H,1-2H3. The number of aryl methyl sites for hydroxylation is 2. The van der Waals surface area contributed by atoms with Crippen LogP contribution < -0.4 is 0 Å². The van der Waals surface area contributed by atoms with E-state index in [0.717, 1.165) is 16.3 Å². The molecular formula is C22H15F3N2. The third-order valence-electron chi connectivity index (χ3n) is 4.62. The van der Waals surface area contributed by atoms with Gasteiger partial charge in [-0.3, -0.25) is 0 Å². The molecule has 4 rings (SSSR count). The molecule has 0 radical (unpaired) electrons. The molecule has 27 heavy (non-hydrogen) atoms. The zero-order valence-electron chi connectivity index (χ0n) is 14.7. The molecule has 0 bridgehead atoms. The van der Waals surface area contributed by atoms with Crippen LogP contribution in [0.3, 0.4) is 0 Å². The van der Waals surface area contributed by atoms with Gasteiger partial charge in [0.25, 0.3) is 0 Å². The lowest BCUT2D eigenvalue weighted by Gasteiger charge is -2.16. The molecule has 0 fully saturated rings. The summed E-state index contributed by atoms with van der Waals surface area (Å²) in [6.07, 6.45) is 0. The van der Waals surface area contributed by atoms with Gasteiger partial charge >= 0.3 is 0 Å². The predicted octanol–water partition coefficient (Wildman–Crippen LogP) is 6.00. The molecule has 5 heteroatoms. The van der Waals surface area contributed by atoms with Crippen LogP contribution in [0.4, 0.5) is 13.2 Å². The van der Waals surface area contributed by atoms with Crippen molar-refractivity contribution in [1.82, 2.24) is 10.2 Å². The van der Waals surface area contributed by atoms with Gasteiger partial charge in [-0.25, -0.2) is 13.2 Å². The summed E-state index contributed by atoms with van der Waals surface area (Å²) in [4.78, 5) is 0. The number of aromatic nitrogens is 2.